The SMILES string of the molecule is CCCn1ccc(=O)n(CC(C)(C)C(=O)O)c1=O. The Hall–Kier alpha value is -1.85. The molecule has 0 aromatic carbocycles. The fraction of sp³-hybridized carbons (Fsp3) is 0.583. The zero-order valence-electron chi connectivity index (χ0n) is 10.8. The molecule has 0 fully saturated rings. The molecule has 0 aliphatic carbocycles. The van der Waals surface area contributed by atoms with Crippen LogP contribution in [0.25, 0.3) is 0 Å². The number of hydrogen-bond acceptors (Lipinski definition) is 3. The quantitative estimate of drug-likeness (QED) is 0.831. The van der Waals surface area contributed by atoms with Crippen molar-refractivity contribution in [3.63, 3.8) is 0 Å². The third-order valence-electron chi connectivity index (χ3n) is 2.74. The fourth-order valence-corrected chi connectivity index (χ4v) is 1.58. The van der Waals surface area contributed by atoms with Gasteiger partial charge in [-0.3, -0.25) is 14.2 Å². The maximum atomic E-state index is 12.0. The molecule has 0 saturated carbocycles. The van der Waals surface area contributed by atoms with Crippen molar-refractivity contribution >= 4 is 5.97 Å². The van der Waals surface area contributed by atoms with E-state index in [4.69, 9.17) is 5.11 Å². The molecule has 0 bridgehead atoms. The van der Waals surface area contributed by atoms with Gasteiger partial charge in [-0.05, 0) is 20.3 Å². The second-order valence-electron chi connectivity index (χ2n) is 4.91. The van der Waals surface area contributed by atoms with E-state index in [9.17, 15) is 14.4 Å². The van der Waals surface area contributed by atoms with E-state index in [2.05, 4.69) is 0 Å². The standard InChI is InChI=1S/C12H18N2O4/c1-4-6-13-7-5-9(15)14(11(13)18)8-12(2,3)10(16)17/h5,7H,4,6,8H2,1-3H3,(H,16,17). The molecule has 0 saturated heterocycles. The Kier molecular flexibility index (Phi) is 4.11. The molecule has 1 N–H and O–H groups in total. The van der Waals surface area contributed by atoms with Crippen LogP contribution in [0, 0.1) is 5.41 Å². The molecule has 100 valence electrons. The van der Waals surface area contributed by atoms with Crippen molar-refractivity contribution in [2.45, 2.75) is 40.3 Å². The molecule has 0 spiro atoms. The number of carboxylic acid groups (broad SMARTS) is 1. The summed E-state index contributed by atoms with van der Waals surface area (Å²) in [6, 6.07) is 1.29. The third-order valence-corrected chi connectivity index (χ3v) is 2.74. The van der Waals surface area contributed by atoms with Crippen molar-refractivity contribution in [2.75, 3.05) is 0 Å². The van der Waals surface area contributed by atoms with Crippen LogP contribution in [0.3, 0.4) is 0 Å². The molecule has 0 unspecified atom stereocenters. The Labute approximate surface area is 104 Å². The average molecular weight is 254 g/mol. The number of rotatable bonds is 5. The van der Waals surface area contributed by atoms with E-state index < -0.39 is 22.6 Å². The van der Waals surface area contributed by atoms with Gasteiger partial charge < -0.3 is 9.67 Å². The van der Waals surface area contributed by atoms with Crippen molar-refractivity contribution < 1.29 is 9.90 Å². The summed E-state index contributed by atoms with van der Waals surface area (Å²) < 4.78 is 2.39. The minimum absolute atomic E-state index is 0.134. The summed E-state index contributed by atoms with van der Waals surface area (Å²) in [6.07, 6.45) is 2.21. The van der Waals surface area contributed by atoms with Crippen molar-refractivity contribution in [1.82, 2.24) is 9.13 Å². The second-order valence-corrected chi connectivity index (χ2v) is 4.91. The number of carboxylic acids is 1. The van der Waals surface area contributed by atoms with Crippen LogP contribution in [0.4, 0.5) is 0 Å². The van der Waals surface area contributed by atoms with Gasteiger partial charge in [-0.1, -0.05) is 6.92 Å². The molecule has 6 nitrogen and oxygen atoms in total. The molecule has 1 aromatic rings. The number of aliphatic carboxylic acids is 1. The molecule has 0 radical (unpaired) electrons. The van der Waals surface area contributed by atoms with Gasteiger partial charge in [0.15, 0.2) is 0 Å². The van der Waals surface area contributed by atoms with E-state index >= 15 is 0 Å². The molecule has 0 aliphatic heterocycles. The maximum Gasteiger partial charge on any atom is 0.330 e. The van der Waals surface area contributed by atoms with Crippen LogP contribution < -0.4 is 11.2 Å². The smallest absolute Gasteiger partial charge is 0.330 e. The molecule has 18 heavy (non-hydrogen) atoms. The first kappa shape index (κ1) is 14.2. The van der Waals surface area contributed by atoms with Gasteiger partial charge in [-0.2, -0.15) is 0 Å². The van der Waals surface area contributed by atoms with Crippen LogP contribution in [-0.4, -0.2) is 20.2 Å². The molecule has 1 aromatic heterocycles. The van der Waals surface area contributed by atoms with E-state index in [-0.39, 0.29) is 6.54 Å². The van der Waals surface area contributed by atoms with Gasteiger partial charge in [0, 0.05) is 25.4 Å². The zero-order valence-corrected chi connectivity index (χ0v) is 10.8. The monoisotopic (exact) mass is 254 g/mol. The molecular weight excluding hydrogens is 236 g/mol. The normalized spacial score (nSPS) is 11.5. The van der Waals surface area contributed by atoms with Crippen molar-refractivity contribution in [2.24, 2.45) is 5.41 Å². The highest BCUT2D eigenvalue weighted by atomic mass is 16.4. The van der Waals surface area contributed by atoms with Crippen LogP contribution in [0.1, 0.15) is 27.2 Å². The lowest BCUT2D eigenvalue weighted by atomic mass is 9.94. The first-order valence-electron chi connectivity index (χ1n) is 5.83. The summed E-state index contributed by atoms with van der Waals surface area (Å²) >= 11 is 0. The van der Waals surface area contributed by atoms with Gasteiger partial charge in [0.05, 0.1) is 5.41 Å². The van der Waals surface area contributed by atoms with Crippen molar-refractivity contribution in [3.05, 3.63) is 33.1 Å². The lowest BCUT2D eigenvalue weighted by molar-refractivity contribution is -0.147. The Morgan fingerprint density at radius 2 is 2.00 bits per heavy atom. The summed E-state index contributed by atoms with van der Waals surface area (Å²) in [4.78, 5) is 34.7. The number of nitrogens with zero attached hydrogens (tertiary/aromatic N) is 2. The van der Waals surface area contributed by atoms with Crippen LogP contribution in [0.5, 0.6) is 0 Å². The lowest BCUT2D eigenvalue weighted by Gasteiger charge is -2.20. The molecule has 0 atom stereocenters. The van der Waals surface area contributed by atoms with Gasteiger partial charge in [-0.15, -0.1) is 0 Å². The van der Waals surface area contributed by atoms with Crippen LogP contribution >= 0.6 is 0 Å². The summed E-state index contributed by atoms with van der Waals surface area (Å²) in [6.45, 7) is 5.26. The Balaban J connectivity index is 3.25. The Morgan fingerprint density at radius 3 is 2.50 bits per heavy atom. The first-order valence-corrected chi connectivity index (χ1v) is 5.83. The average Bonchev–Trinajstić information content (AvgIpc) is 2.28. The number of hydrogen-bond donors (Lipinski definition) is 1. The van der Waals surface area contributed by atoms with E-state index in [1.807, 2.05) is 6.92 Å². The fourth-order valence-electron chi connectivity index (χ4n) is 1.58. The molecule has 1 rings (SSSR count). The van der Waals surface area contributed by atoms with Crippen molar-refractivity contribution in [3.8, 4) is 0 Å². The Bertz CT molecular complexity index is 554. The van der Waals surface area contributed by atoms with Crippen LogP contribution in [0.15, 0.2) is 21.9 Å². The highest BCUT2D eigenvalue weighted by Gasteiger charge is 2.29. The van der Waals surface area contributed by atoms with Gasteiger partial charge in [0.1, 0.15) is 0 Å². The predicted octanol–water partition coefficient (Wildman–Crippen LogP) is 0.531. The van der Waals surface area contributed by atoms with Crippen molar-refractivity contribution in [1.29, 1.82) is 0 Å². The first-order chi connectivity index (χ1) is 8.29. The number of aromatic nitrogens is 2. The molecule has 1 heterocycles. The lowest BCUT2D eigenvalue weighted by Crippen LogP contribution is -2.44. The molecule has 0 aliphatic rings. The topological polar surface area (TPSA) is 81.3 Å². The second kappa shape index (κ2) is 5.20. The summed E-state index contributed by atoms with van der Waals surface area (Å²) in [7, 11) is 0. The van der Waals surface area contributed by atoms with E-state index in [1.54, 1.807) is 0 Å². The highest BCUT2D eigenvalue weighted by Crippen LogP contribution is 2.16. The summed E-state index contributed by atoms with van der Waals surface area (Å²) in [5, 5.41) is 9.03. The van der Waals surface area contributed by atoms with Crippen LogP contribution in [-0.2, 0) is 17.9 Å². The van der Waals surface area contributed by atoms with E-state index in [0.29, 0.717) is 6.54 Å². The predicted molar refractivity (Wildman–Crippen MR) is 66.7 cm³/mol. The summed E-state index contributed by atoms with van der Waals surface area (Å²) in [5.74, 6) is -1.04. The molecule has 6 heteroatoms. The van der Waals surface area contributed by atoms with Gasteiger partial charge in [-0.25, -0.2) is 4.79 Å². The minimum Gasteiger partial charge on any atom is -0.481 e. The minimum atomic E-state index is -1.16. The van der Waals surface area contributed by atoms with Crippen LogP contribution in [0.2, 0.25) is 0 Å². The maximum absolute atomic E-state index is 12.0. The zero-order chi connectivity index (χ0) is 13.9. The highest BCUT2D eigenvalue weighted by molar-refractivity contribution is 5.73. The third kappa shape index (κ3) is 2.88. The van der Waals surface area contributed by atoms with Gasteiger partial charge >= 0.3 is 11.7 Å². The summed E-state index contributed by atoms with van der Waals surface area (Å²) in [5.41, 5.74) is -2.09. The van der Waals surface area contributed by atoms with E-state index in [0.717, 1.165) is 11.0 Å². The Morgan fingerprint density at radius 1 is 1.39 bits per heavy atom. The largest absolute Gasteiger partial charge is 0.481 e. The molecular formula is C12H18N2O4. The molecule has 0 amide bonds. The number of carbonyl (C=O) groups is 1. The number of aryl methyl sites for hydroxylation is 1. The van der Waals surface area contributed by atoms with Gasteiger partial charge in [0.25, 0.3) is 5.56 Å². The van der Waals surface area contributed by atoms with E-state index in [1.165, 1.54) is 30.7 Å². The van der Waals surface area contributed by atoms with Gasteiger partial charge in [0.2, 0.25) is 0 Å².